The van der Waals surface area contributed by atoms with Gasteiger partial charge in [-0.1, -0.05) is 84.5 Å². The third-order valence-electron chi connectivity index (χ3n) is 3.19. The maximum atomic E-state index is 12.1. The minimum atomic E-state index is -0.719. The van der Waals surface area contributed by atoms with Gasteiger partial charge >= 0.3 is 5.97 Å². The summed E-state index contributed by atoms with van der Waals surface area (Å²) in [6.45, 7) is 4.31. The van der Waals surface area contributed by atoms with Crippen LogP contribution in [0.3, 0.4) is 0 Å². The molecule has 0 aliphatic rings. The molecule has 0 saturated carbocycles. The molecular weight excluding hydrogens is 380 g/mol. The number of ether oxygens (including phenoxy) is 1. The molecule has 0 fully saturated rings. The van der Waals surface area contributed by atoms with Crippen molar-refractivity contribution in [2.24, 2.45) is 0 Å². The van der Waals surface area contributed by atoms with Crippen LogP contribution in [0.15, 0.2) is 24.3 Å². The molecule has 0 atom stereocenters. The summed E-state index contributed by atoms with van der Waals surface area (Å²) in [4.78, 5) is 15.9. The smallest absolute Gasteiger partial charge is 0.358 e. The van der Waals surface area contributed by atoms with Crippen LogP contribution in [0.1, 0.15) is 41.4 Å². The molecule has 1 aromatic carbocycles. The van der Waals surface area contributed by atoms with E-state index < -0.39 is 5.97 Å². The van der Waals surface area contributed by atoms with Gasteiger partial charge < -0.3 is 4.74 Å². The van der Waals surface area contributed by atoms with Gasteiger partial charge in [-0.05, 0) is 17.0 Å². The SMILES string of the molecule is CC(C)c1ccc(COC(=O)c2nc(Cl)c(Cl)c(Cl)c2Cl)cc1. The van der Waals surface area contributed by atoms with Gasteiger partial charge in [-0.3, -0.25) is 0 Å². The second kappa shape index (κ2) is 7.71. The second-order valence-electron chi connectivity index (χ2n) is 5.17. The summed E-state index contributed by atoms with van der Waals surface area (Å²) < 4.78 is 5.20. The zero-order valence-corrected chi connectivity index (χ0v) is 15.4. The molecule has 1 aromatic heterocycles. The van der Waals surface area contributed by atoms with Crippen LogP contribution in [0.4, 0.5) is 0 Å². The number of pyridine rings is 1. The van der Waals surface area contributed by atoms with Gasteiger partial charge in [0, 0.05) is 0 Å². The van der Waals surface area contributed by atoms with Crippen LogP contribution >= 0.6 is 46.4 Å². The zero-order valence-electron chi connectivity index (χ0n) is 12.4. The van der Waals surface area contributed by atoms with Crippen LogP contribution in [-0.4, -0.2) is 11.0 Å². The molecule has 0 amide bonds. The lowest BCUT2D eigenvalue weighted by Crippen LogP contribution is -2.09. The maximum absolute atomic E-state index is 12.1. The molecule has 0 saturated heterocycles. The van der Waals surface area contributed by atoms with Crippen molar-refractivity contribution in [3.8, 4) is 0 Å². The molecular formula is C16H13Cl4NO2. The molecule has 7 heteroatoms. The number of hydrogen-bond acceptors (Lipinski definition) is 3. The number of benzene rings is 1. The summed E-state index contributed by atoms with van der Waals surface area (Å²) in [6, 6.07) is 7.79. The Labute approximate surface area is 154 Å². The predicted molar refractivity (Wildman–Crippen MR) is 93.9 cm³/mol. The Morgan fingerprint density at radius 1 is 1.04 bits per heavy atom. The second-order valence-corrected chi connectivity index (χ2v) is 6.66. The molecule has 1 heterocycles. The van der Waals surface area contributed by atoms with Crippen molar-refractivity contribution < 1.29 is 9.53 Å². The van der Waals surface area contributed by atoms with E-state index in [9.17, 15) is 4.79 Å². The van der Waals surface area contributed by atoms with E-state index in [1.54, 1.807) is 0 Å². The predicted octanol–water partition coefficient (Wildman–Crippen LogP) is 6.18. The number of hydrogen-bond donors (Lipinski definition) is 0. The number of aromatic nitrogens is 1. The van der Waals surface area contributed by atoms with E-state index in [2.05, 4.69) is 18.8 Å². The van der Waals surface area contributed by atoms with E-state index in [0.29, 0.717) is 5.92 Å². The van der Waals surface area contributed by atoms with Gasteiger partial charge in [0.1, 0.15) is 11.8 Å². The van der Waals surface area contributed by atoms with Crippen LogP contribution in [0.2, 0.25) is 20.2 Å². The lowest BCUT2D eigenvalue weighted by atomic mass is 10.0. The van der Waals surface area contributed by atoms with Gasteiger partial charge in [0.05, 0.1) is 15.1 Å². The van der Waals surface area contributed by atoms with Gasteiger partial charge in [0.2, 0.25) is 0 Å². The number of carbonyl (C=O) groups is 1. The summed E-state index contributed by atoms with van der Waals surface area (Å²) in [7, 11) is 0. The van der Waals surface area contributed by atoms with E-state index in [4.69, 9.17) is 51.1 Å². The first-order chi connectivity index (χ1) is 10.8. The third-order valence-corrected chi connectivity index (χ3v) is 4.87. The maximum Gasteiger partial charge on any atom is 0.358 e. The summed E-state index contributed by atoms with van der Waals surface area (Å²) in [6.07, 6.45) is 0. The van der Waals surface area contributed by atoms with Crippen molar-refractivity contribution in [3.63, 3.8) is 0 Å². The summed E-state index contributed by atoms with van der Waals surface area (Å²) in [5.41, 5.74) is 1.90. The fraction of sp³-hybridized carbons (Fsp3) is 0.250. The number of carbonyl (C=O) groups excluding carboxylic acids is 1. The third kappa shape index (κ3) is 4.30. The Hall–Kier alpha value is -1.000. The van der Waals surface area contributed by atoms with Crippen molar-refractivity contribution >= 4 is 52.4 Å². The van der Waals surface area contributed by atoms with Crippen LogP contribution in [0, 0.1) is 0 Å². The van der Waals surface area contributed by atoms with Crippen LogP contribution in [0.25, 0.3) is 0 Å². The molecule has 0 N–H and O–H groups in total. The van der Waals surface area contributed by atoms with Crippen molar-refractivity contribution in [3.05, 3.63) is 61.3 Å². The quantitative estimate of drug-likeness (QED) is 0.460. The monoisotopic (exact) mass is 391 g/mol. The molecule has 2 aromatic rings. The van der Waals surface area contributed by atoms with Gasteiger partial charge in [0.15, 0.2) is 5.69 Å². The Balaban J connectivity index is 2.11. The van der Waals surface area contributed by atoms with Crippen LogP contribution < -0.4 is 0 Å². The van der Waals surface area contributed by atoms with Crippen molar-refractivity contribution in [1.82, 2.24) is 4.98 Å². The van der Waals surface area contributed by atoms with Crippen molar-refractivity contribution in [1.29, 1.82) is 0 Å². The highest BCUT2D eigenvalue weighted by atomic mass is 35.5. The molecule has 0 aliphatic carbocycles. The fourth-order valence-electron chi connectivity index (χ4n) is 1.84. The van der Waals surface area contributed by atoms with Crippen LogP contribution in [0.5, 0.6) is 0 Å². The average Bonchev–Trinajstić information content (AvgIpc) is 2.54. The van der Waals surface area contributed by atoms with Crippen molar-refractivity contribution in [2.45, 2.75) is 26.4 Å². The highest BCUT2D eigenvalue weighted by Crippen LogP contribution is 2.36. The Morgan fingerprint density at radius 3 is 2.22 bits per heavy atom. The normalized spacial score (nSPS) is 10.9. The number of halogens is 4. The first kappa shape index (κ1) is 18.3. The highest BCUT2D eigenvalue weighted by Gasteiger charge is 2.21. The van der Waals surface area contributed by atoms with Gasteiger partial charge in [-0.25, -0.2) is 9.78 Å². The highest BCUT2D eigenvalue weighted by molar-refractivity contribution is 6.52. The Kier molecular flexibility index (Phi) is 6.15. The molecule has 122 valence electrons. The first-order valence-corrected chi connectivity index (χ1v) is 8.28. The lowest BCUT2D eigenvalue weighted by molar-refractivity contribution is 0.0466. The van der Waals surface area contributed by atoms with E-state index in [1.165, 1.54) is 5.56 Å². The van der Waals surface area contributed by atoms with E-state index in [1.807, 2.05) is 24.3 Å². The van der Waals surface area contributed by atoms with Gasteiger partial charge in [0.25, 0.3) is 0 Å². The molecule has 0 radical (unpaired) electrons. The fourth-order valence-corrected chi connectivity index (χ4v) is 2.64. The summed E-state index contributed by atoms with van der Waals surface area (Å²) >= 11 is 23.5. The molecule has 0 bridgehead atoms. The molecule has 0 unspecified atom stereocenters. The van der Waals surface area contributed by atoms with E-state index in [-0.39, 0.29) is 32.5 Å². The Bertz CT molecular complexity index is 730. The van der Waals surface area contributed by atoms with E-state index >= 15 is 0 Å². The molecule has 0 aliphatic heterocycles. The first-order valence-electron chi connectivity index (χ1n) is 6.77. The standard InChI is InChI=1S/C16H13Cl4NO2/c1-8(2)10-5-3-9(4-6-10)7-23-16(22)14-12(18)11(17)13(19)15(20)21-14/h3-6,8H,7H2,1-2H3. The van der Waals surface area contributed by atoms with Crippen molar-refractivity contribution in [2.75, 3.05) is 0 Å². The summed E-state index contributed by atoms with van der Waals surface area (Å²) in [5.74, 6) is -0.281. The average molecular weight is 393 g/mol. The van der Waals surface area contributed by atoms with Crippen LogP contribution in [-0.2, 0) is 11.3 Å². The van der Waals surface area contributed by atoms with Gasteiger partial charge in [-0.15, -0.1) is 0 Å². The number of rotatable bonds is 4. The molecule has 2 rings (SSSR count). The lowest BCUT2D eigenvalue weighted by Gasteiger charge is -2.09. The Morgan fingerprint density at radius 2 is 1.65 bits per heavy atom. The minimum absolute atomic E-state index is 0.000780. The number of esters is 1. The summed E-state index contributed by atoms with van der Waals surface area (Å²) in [5, 5.41) is -0.212. The zero-order chi connectivity index (χ0) is 17.1. The van der Waals surface area contributed by atoms with E-state index in [0.717, 1.165) is 5.56 Å². The minimum Gasteiger partial charge on any atom is -0.456 e. The number of nitrogens with zero attached hydrogens (tertiary/aromatic N) is 1. The molecule has 3 nitrogen and oxygen atoms in total. The molecule has 0 spiro atoms. The molecule has 23 heavy (non-hydrogen) atoms. The largest absolute Gasteiger partial charge is 0.456 e. The topological polar surface area (TPSA) is 39.2 Å². The van der Waals surface area contributed by atoms with Gasteiger partial charge in [-0.2, -0.15) is 0 Å².